The highest BCUT2D eigenvalue weighted by molar-refractivity contribution is 5.70. The molecule has 0 aliphatic rings. The normalized spacial score (nSPS) is 4.40. The lowest BCUT2D eigenvalue weighted by Gasteiger charge is -1.62. The Labute approximate surface area is 227 Å². The van der Waals surface area contributed by atoms with Crippen molar-refractivity contribution < 1.29 is 67.1 Å². The summed E-state index contributed by atoms with van der Waals surface area (Å²) in [6.07, 6.45) is 0. The SMILES string of the molecule is C=O.C=O.C=O.C=O.C=O.C=O.C=O.C=O.NC(N)=O.NC(N)=O.NC(N)=O.NC(N)=O.NC(N)=O.NC(N)=O. The van der Waals surface area contributed by atoms with Gasteiger partial charge in [0.1, 0.15) is 54.3 Å². The average Bonchev–Trinajstić information content (AvgIpc) is 2.87. The van der Waals surface area contributed by atoms with Gasteiger partial charge in [0.2, 0.25) is 0 Å². The van der Waals surface area contributed by atoms with E-state index >= 15 is 0 Å². The summed E-state index contributed by atoms with van der Waals surface area (Å²) in [5.74, 6) is 0. The number of urea groups is 6. The van der Waals surface area contributed by atoms with E-state index in [1.807, 2.05) is 54.3 Å². The van der Waals surface area contributed by atoms with E-state index in [0.717, 1.165) is 0 Å². The van der Waals surface area contributed by atoms with Gasteiger partial charge in [-0.2, -0.15) is 0 Å². The van der Waals surface area contributed by atoms with Crippen molar-refractivity contribution in [3.63, 3.8) is 0 Å². The molecule has 240 valence electrons. The van der Waals surface area contributed by atoms with Gasteiger partial charge in [-0.05, 0) is 0 Å². The Bertz CT molecular complexity index is 379. The molecular formula is C14H40N12O14. The fourth-order valence-electron chi connectivity index (χ4n) is 0. The third-order valence-corrected chi connectivity index (χ3v) is 0. The Morgan fingerprint density at radius 3 is 0.200 bits per heavy atom. The minimum Gasteiger partial charge on any atom is -0.352 e. The molecule has 26 nitrogen and oxygen atoms in total. The van der Waals surface area contributed by atoms with Crippen LogP contribution in [0.15, 0.2) is 0 Å². The van der Waals surface area contributed by atoms with Crippen molar-refractivity contribution in [3.05, 3.63) is 0 Å². The molecule has 0 bridgehead atoms. The molecule has 26 heteroatoms. The maximum absolute atomic E-state index is 9.00. The second-order valence-electron chi connectivity index (χ2n) is 2.41. The molecule has 0 aromatic heterocycles. The second kappa shape index (κ2) is 255. The van der Waals surface area contributed by atoms with Crippen molar-refractivity contribution in [1.82, 2.24) is 0 Å². The predicted molar refractivity (Wildman–Crippen MR) is 140 cm³/mol. The number of carbonyl (C=O) groups is 14. The molecule has 0 aromatic carbocycles. The Morgan fingerprint density at radius 2 is 0.200 bits per heavy atom. The first-order chi connectivity index (χ1) is 18.4. The molecule has 0 radical (unpaired) electrons. The molecule has 12 amide bonds. The number of primary amides is 12. The lowest BCUT2D eigenvalue weighted by molar-refractivity contribution is -0.0987. The fourth-order valence-corrected chi connectivity index (χ4v) is 0. The lowest BCUT2D eigenvalue weighted by atomic mass is 11.2. The Hall–Kier alpha value is -7.02. The first-order valence-electron chi connectivity index (χ1n) is 7.00. The number of carbonyl (C=O) groups excluding carboxylic acids is 14. The number of hydrogen-bond donors (Lipinski definition) is 12. The molecule has 0 aromatic rings. The molecule has 24 N–H and O–H groups in total. The molecular weight excluding hydrogens is 560 g/mol. The van der Waals surface area contributed by atoms with Crippen LogP contribution in [0.1, 0.15) is 0 Å². The molecule has 0 atom stereocenters. The van der Waals surface area contributed by atoms with Crippen LogP contribution in [0.4, 0.5) is 28.8 Å². The molecule has 0 unspecified atom stereocenters. The van der Waals surface area contributed by atoms with Crippen LogP contribution in [-0.2, 0) is 38.4 Å². The number of nitrogens with two attached hydrogens (primary N) is 12. The van der Waals surface area contributed by atoms with E-state index in [9.17, 15) is 0 Å². The van der Waals surface area contributed by atoms with Crippen LogP contribution in [0.2, 0.25) is 0 Å². The summed E-state index contributed by atoms with van der Waals surface area (Å²) < 4.78 is 0. The van der Waals surface area contributed by atoms with E-state index in [1.54, 1.807) is 0 Å². The molecule has 0 aliphatic carbocycles. The number of rotatable bonds is 0. The zero-order valence-corrected chi connectivity index (χ0v) is 21.3. The van der Waals surface area contributed by atoms with E-state index < -0.39 is 36.2 Å². The molecule has 0 rings (SSSR count). The van der Waals surface area contributed by atoms with Gasteiger partial charge in [-0.3, -0.25) is 0 Å². The van der Waals surface area contributed by atoms with Gasteiger partial charge < -0.3 is 107 Å². The highest BCUT2D eigenvalue weighted by Crippen LogP contribution is 1.27. The predicted octanol–water partition coefficient (Wildman–Crippen LogP) is -7.34. The molecule has 0 aliphatic heterocycles. The van der Waals surface area contributed by atoms with E-state index in [0.29, 0.717) is 0 Å². The van der Waals surface area contributed by atoms with Gasteiger partial charge in [0.15, 0.2) is 0 Å². The molecule has 0 heterocycles. The van der Waals surface area contributed by atoms with Gasteiger partial charge in [0.05, 0.1) is 0 Å². The van der Waals surface area contributed by atoms with Crippen LogP contribution in [0, 0.1) is 0 Å². The Kier molecular flexibility index (Phi) is 596. The molecule has 0 spiro atoms. The van der Waals surface area contributed by atoms with Crippen molar-refractivity contribution in [1.29, 1.82) is 0 Å². The van der Waals surface area contributed by atoms with Gasteiger partial charge >= 0.3 is 36.2 Å². The van der Waals surface area contributed by atoms with E-state index in [-0.39, 0.29) is 0 Å². The quantitative estimate of drug-likeness (QED) is 0.123. The van der Waals surface area contributed by atoms with Crippen molar-refractivity contribution >= 4 is 90.5 Å². The van der Waals surface area contributed by atoms with Crippen molar-refractivity contribution in [2.45, 2.75) is 0 Å². The highest BCUT2D eigenvalue weighted by Gasteiger charge is 1.62. The van der Waals surface area contributed by atoms with Crippen LogP contribution in [-0.4, -0.2) is 90.5 Å². The van der Waals surface area contributed by atoms with Crippen molar-refractivity contribution in [2.75, 3.05) is 0 Å². The summed E-state index contributed by atoms with van der Waals surface area (Å²) in [7, 11) is 0. The van der Waals surface area contributed by atoms with Gasteiger partial charge in [-0.25, -0.2) is 28.8 Å². The Morgan fingerprint density at radius 1 is 0.200 bits per heavy atom. The standard InChI is InChI=1S/6CH4N2O.8CH2O/c6*2-1(3)4;8*1-2/h6*(H4,2,3,4);8*1H2. The highest BCUT2D eigenvalue weighted by atomic mass is 16.2. The Balaban J connectivity index is -0.0000000154. The summed E-state index contributed by atoms with van der Waals surface area (Å²) >= 11 is 0. The van der Waals surface area contributed by atoms with E-state index in [1.165, 1.54) is 0 Å². The fraction of sp³-hybridized carbons (Fsp3) is 0. The van der Waals surface area contributed by atoms with Crippen LogP contribution < -0.4 is 68.8 Å². The average molecular weight is 601 g/mol. The molecule has 0 saturated carbocycles. The van der Waals surface area contributed by atoms with Gasteiger partial charge in [-0.15, -0.1) is 0 Å². The third-order valence-electron chi connectivity index (χ3n) is 0. The van der Waals surface area contributed by atoms with Crippen LogP contribution in [0.3, 0.4) is 0 Å². The summed E-state index contributed by atoms with van der Waals surface area (Å²) in [6, 6.07) is -5.00. The van der Waals surface area contributed by atoms with Crippen molar-refractivity contribution in [2.24, 2.45) is 68.8 Å². The second-order valence-corrected chi connectivity index (χ2v) is 2.41. The third kappa shape index (κ3) is 565. The number of hydrogen-bond acceptors (Lipinski definition) is 14. The monoisotopic (exact) mass is 600 g/mol. The first kappa shape index (κ1) is 93.6. The maximum Gasteiger partial charge on any atom is 0.309 e. The summed E-state index contributed by atoms with van der Waals surface area (Å²) in [6.45, 7) is 16.0. The minimum absolute atomic E-state index is 0.833. The zero-order chi connectivity index (χ0) is 37.5. The lowest BCUT2D eigenvalue weighted by Crippen LogP contribution is -2.18. The van der Waals surface area contributed by atoms with E-state index in [4.69, 9.17) is 67.1 Å². The molecule has 0 fully saturated rings. The minimum atomic E-state index is -0.833. The van der Waals surface area contributed by atoms with Crippen LogP contribution in [0.25, 0.3) is 0 Å². The summed E-state index contributed by atoms with van der Waals surface area (Å²) in [4.78, 5) is 118. The van der Waals surface area contributed by atoms with Gasteiger partial charge in [0.25, 0.3) is 0 Å². The first-order valence-corrected chi connectivity index (χ1v) is 7.00. The molecule has 40 heavy (non-hydrogen) atoms. The van der Waals surface area contributed by atoms with E-state index in [2.05, 4.69) is 68.8 Å². The summed E-state index contributed by atoms with van der Waals surface area (Å²) in [5, 5.41) is 0. The zero-order valence-electron chi connectivity index (χ0n) is 21.3. The van der Waals surface area contributed by atoms with Crippen LogP contribution in [0.5, 0.6) is 0 Å². The largest absolute Gasteiger partial charge is 0.352 e. The van der Waals surface area contributed by atoms with Crippen LogP contribution >= 0.6 is 0 Å². The van der Waals surface area contributed by atoms with Crippen molar-refractivity contribution in [3.8, 4) is 0 Å². The topological polar surface area (TPSA) is 551 Å². The van der Waals surface area contributed by atoms with Gasteiger partial charge in [0, 0.05) is 0 Å². The maximum atomic E-state index is 9.00. The summed E-state index contributed by atoms with van der Waals surface area (Å²) in [5.41, 5.74) is 51.0. The number of amides is 12. The smallest absolute Gasteiger partial charge is 0.309 e. The molecule has 0 saturated heterocycles. The van der Waals surface area contributed by atoms with Gasteiger partial charge in [-0.1, -0.05) is 0 Å².